The summed E-state index contributed by atoms with van der Waals surface area (Å²) >= 11 is 11.7. The molecule has 20 heavy (non-hydrogen) atoms. The lowest BCUT2D eigenvalue weighted by atomic mass is 10.2. The Bertz CT molecular complexity index is 459. The van der Waals surface area contributed by atoms with Gasteiger partial charge in [-0.1, -0.05) is 23.2 Å². The highest BCUT2D eigenvalue weighted by molar-refractivity contribution is 6.42. The molecular weight excluding hydrogens is 299 g/mol. The average molecular weight is 319 g/mol. The van der Waals surface area contributed by atoms with E-state index >= 15 is 0 Å². The first kappa shape index (κ1) is 16.9. The molecule has 1 aromatic rings. The first-order chi connectivity index (χ1) is 9.28. The number of nitrogens with one attached hydrogen (secondary N) is 2. The summed E-state index contributed by atoms with van der Waals surface area (Å²) in [5, 5.41) is 6.95. The summed E-state index contributed by atoms with van der Waals surface area (Å²) < 4.78 is 5.13. The van der Waals surface area contributed by atoms with Crippen LogP contribution in [0.5, 0.6) is 0 Å². The second kappa shape index (κ2) is 7.60. The zero-order valence-corrected chi connectivity index (χ0v) is 13.4. The lowest BCUT2D eigenvalue weighted by molar-refractivity contribution is 0.0528. The van der Waals surface area contributed by atoms with Crippen molar-refractivity contribution < 1.29 is 9.53 Å². The summed E-state index contributed by atoms with van der Waals surface area (Å²) in [4.78, 5) is 11.4. The van der Waals surface area contributed by atoms with Gasteiger partial charge in [-0.15, -0.1) is 0 Å². The van der Waals surface area contributed by atoms with E-state index < -0.39 is 11.7 Å². The Hall–Kier alpha value is -1.13. The molecular formula is C14H20Cl2N2O2. The molecule has 0 radical (unpaired) electrons. The molecule has 0 aliphatic carbocycles. The Morgan fingerprint density at radius 3 is 2.50 bits per heavy atom. The van der Waals surface area contributed by atoms with Crippen molar-refractivity contribution in [1.82, 2.24) is 5.32 Å². The maximum Gasteiger partial charge on any atom is 0.407 e. The van der Waals surface area contributed by atoms with Crippen LogP contribution >= 0.6 is 23.2 Å². The van der Waals surface area contributed by atoms with E-state index in [1.165, 1.54) is 0 Å². The highest BCUT2D eigenvalue weighted by Crippen LogP contribution is 2.24. The Labute approximate surface area is 129 Å². The van der Waals surface area contributed by atoms with E-state index in [-0.39, 0.29) is 0 Å². The smallest absolute Gasteiger partial charge is 0.407 e. The van der Waals surface area contributed by atoms with Gasteiger partial charge in [0.1, 0.15) is 5.60 Å². The van der Waals surface area contributed by atoms with Gasteiger partial charge in [0, 0.05) is 18.8 Å². The molecule has 1 aromatic carbocycles. The van der Waals surface area contributed by atoms with Crippen molar-refractivity contribution in [2.75, 3.05) is 18.4 Å². The Morgan fingerprint density at radius 2 is 1.90 bits per heavy atom. The normalized spacial score (nSPS) is 11.1. The fourth-order valence-electron chi connectivity index (χ4n) is 1.43. The van der Waals surface area contributed by atoms with Crippen LogP contribution in [0, 0.1) is 0 Å². The summed E-state index contributed by atoms with van der Waals surface area (Å²) in [5.41, 5.74) is 0.430. The van der Waals surface area contributed by atoms with E-state index in [0.29, 0.717) is 23.1 Å². The van der Waals surface area contributed by atoms with E-state index in [9.17, 15) is 4.79 Å². The van der Waals surface area contributed by atoms with Crippen LogP contribution in [0.15, 0.2) is 18.2 Å². The van der Waals surface area contributed by atoms with Gasteiger partial charge < -0.3 is 15.4 Å². The number of carbonyl (C=O) groups is 1. The Kier molecular flexibility index (Phi) is 6.43. The summed E-state index contributed by atoms with van der Waals surface area (Å²) in [5.74, 6) is 0. The third-order valence-corrected chi connectivity index (χ3v) is 3.01. The van der Waals surface area contributed by atoms with Crippen molar-refractivity contribution >= 4 is 35.0 Å². The van der Waals surface area contributed by atoms with Gasteiger partial charge in [-0.2, -0.15) is 0 Å². The highest BCUT2D eigenvalue weighted by atomic mass is 35.5. The fraction of sp³-hybridized carbons (Fsp3) is 0.500. The zero-order valence-electron chi connectivity index (χ0n) is 11.9. The number of carbonyl (C=O) groups excluding carboxylic acids is 1. The predicted molar refractivity (Wildman–Crippen MR) is 83.8 cm³/mol. The van der Waals surface area contributed by atoms with Crippen molar-refractivity contribution in [2.45, 2.75) is 32.8 Å². The largest absolute Gasteiger partial charge is 0.444 e. The predicted octanol–water partition coefficient (Wildman–Crippen LogP) is 4.32. The van der Waals surface area contributed by atoms with Crippen LogP contribution in [0.4, 0.5) is 10.5 Å². The zero-order chi connectivity index (χ0) is 15.2. The van der Waals surface area contributed by atoms with Gasteiger partial charge >= 0.3 is 6.09 Å². The number of halogens is 2. The first-order valence-electron chi connectivity index (χ1n) is 6.44. The number of benzene rings is 1. The molecule has 4 nitrogen and oxygen atoms in total. The first-order valence-corrected chi connectivity index (χ1v) is 7.19. The summed E-state index contributed by atoms with van der Waals surface area (Å²) in [6.07, 6.45) is 0.381. The molecule has 0 aliphatic heterocycles. The van der Waals surface area contributed by atoms with Crippen LogP contribution in [-0.4, -0.2) is 24.8 Å². The number of anilines is 1. The molecule has 0 aliphatic rings. The number of rotatable bonds is 5. The quantitative estimate of drug-likeness (QED) is 0.795. The van der Waals surface area contributed by atoms with Gasteiger partial charge in [0.15, 0.2) is 0 Å². The van der Waals surface area contributed by atoms with Gasteiger partial charge in [-0.3, -0.25) is 0 Å². The molecule has 6 heteroatoms. The molecule has 0 atom stereocenters. The van der Waals surface area contributed by atoms with Gasteiger partial charge in [0.25, 0.3) is 0 Å². The molecule has 0 unspecified atom stereocenters. The van der Waals surface area contributed by atoms with Gasteiger partial charge in [0.2, 0.25) is 0 Å². The van der Waals surface area contributed by atoms with Gasteiger partial charge in [0.05, 0.1) is 10.0 Å². The molecule has 112 valence electrons. The van der Waals surface area contributed by atoms with E-state index in [4.69, 9.17) is 27.9 Å². The van der Waals surface area contributed by atoms with Crippen LogP contribution < -0.4 is 10.6 Å². The topological polar surface area (TPSA) is 50.4 Å². The monoisotopic (exact) mass is 318 g/mol. The van der Waals surface area contributed by atoms with E-state index in [2.05, 4.69) is 10.6 Å². The second-order valence-corrected chi connectivity index (χ2v) is 6.15. The van der Waals surface area contributed by atoms with Crippen molar-refractivity contribution in [3.8, 4) is 0 Å². The molecule has 0 bridgehead atoms. The number of hydrogen-bond acceptors (Lipinski definition) is 3. The average Bonchev–Trinajstić information content (AvgIpc) is 2.31. The lowest BCUT2D eigenvalue weighted by Gasteiger charge is -2.19. The standard InChI is InChI=1S/C14H20Cl2N2O2/c1-14(2,3)20-13(19)18-8-4-7-17-10-5-6-11(15)12(16)9-10/h5-6,9,17H,4,7-8H2,1-3H3,(H,18,19). The molecule has 0 saturated heterocycles. The van der Waals surface area contributed by atoms with Crippen LogP contribution in [0.2, 0.25) is 10.0 Å². The number of hydrogen-bond donors (Lipinski definition) is 2. The van der Waals surface area contributed by atoms with E-state index in [1.807, 2.05) is 26.8 Å². The molecule has 0 spiro atoms. The number of ether oxygens (including phenoxy) is 1. The van der Waals surface area contributed by atoms with Crippen molar-refractivity contribution in [1.29, 1.82) is 0 Å². The molecule has 2 N–H and O–H groups in total. The minimum Gasteiger partial charge on any atom is -0.444 e. The van der Waals surface area contributed by atoms with E-state index in [1.54, 1.807) is 12.1 Å². The molecule has 0 fully saturated rings. The number of alkyl carbamates (subject to hydrolysis) is 1. The second-order valence-electron chi connectivity index (χ2n) is 5.34. The molecule has 1 amide bonds. The Balaban J connectivity index is 2.19. The summed E-state index contributed by atoms with van der Waals surface area (Å²) in [7, 11) is 0. The highest BCUT2D eigenvalue weighted by Gasteiger charge is 2.15. The summed E-state index contributed by atoms with van der Waals surface area (Å²) in [6.45, 7) is 6.76. The van der Waals surface area contributed by atoms with Crippen molar-refractivity contribution in [3.63, 3.8) is 0 Å². The lowest BCUT2D eigenvalue weighted by Crippen LogP contribution is -2.33. The molecule has 0 aromatic heterocycles. The maximum absolute atomic E-state index is 11.4. The van der Waals surface area contributed by atoms with Gasteiger partial charge in [-0.05, 0) is 45.4 Å². The van der Waals surface area contributed by atoms with Crippen LogP contribution in [0.25, 0.3) is 0 Å². The maximum atomic E-state index is 11.4. The van der Waals surface area contributed by atoms with Gasteiger partial charge in [-0.25, -0.2) is 4.79 Å². The SMILES string of the molecule is CC(C)(C)OC(=O)NCCCNc1ccc(Cl)c(Cl)c1. The van der Waals surface area contributed by atoms with Crippen molar-refractivity contribution in [2.24, 2.45) is 0 Å². The fourth-order valence-corrected chi connectivity index (χ4v) is 1.73. The third kappa shape index (κ3) is 6.87. The van der Waals surface area contributed by atoms with E-state index in [0.717, 1.165) is 12.1 Å². The third-order valence-electron chi connectivity index (χ3n) is 2.27. The molecule has 1 rings (SSSR count). The van der Waals surface area contributed by atoms with Crippen LogP contribution in [-0.2, 0) is 4.74 Å². The summed E-state index contributed by atoms with van der Waals surface area (Å²) in [6, 6.07) is 5.37. The minimum absolute atomic E-state index is 0.396. The molecule has 0 saturated carbocycles. The van der Waals surface area contributed by atoms with Crippen molar-refractivity contribution in [3.05, 3.63) is 28.2 Å². The molecule has 0 heterocycles. The Morgan fingerprint density at radius 1 is 1.20 bits per heavy atom. The minimum atomic E-state index is -0.470. The number of amides is 1. The van der Waals surface area contributed by atoms with Crippen LogP contribution in [0.3, 0.4) is 0 Å². The van der Waals surface area contributed by atoms with Crippen LogP contribution in [0.1, 0.15) is 27.2 Å².